The van der Waals surface area contributed by atoms with Crippen LogP contribution in [0.3, 0.4) is 0 Å². The molecule has 0 aromatic heterocycles. The first-order chi connectivity index (χ1) is 14.5. The molecule has 3 N–H and O–H groups in total. The van der Waals surface area contributed by atoms with Gasteiger partial charge >= 0.3 is 5.97 Å². The van der Waals surface area contributed by atoms with E-state index in [1.807, 2.05) is 0 Å². The van der Waals surface area contributed by atoms with Crippen molar-refractivity contribution in [3.8, 4) is 0 Å². The molecule has 8 nitrogen and oxygen atoms in total. The number of ether oxygens (including phenoxy) is 1. The van der Waals surface area contributed by atoms with Crippen molar-refractivity contribution in [1.29, 1.82) is 0 Å². The molecule has 1 saturated carbocycles. The van der Waals surface area contributed by atoms with Crippen molar-refractivity contribution in [1.82, 2.24) is 5.32 Å². The molecule has 1 aromatic rings. The Labute approximate surface area is 187 Å². The zero-order valence-corrected chi connectivity index (χ0v) is 19.3. The van der Waals surface area contributed by atoms with Crippen molar-refractivity contribution >= 4 is 29.3 Å². The third-order valence-electron chi connectivity index (χ3n) is 5.18. The van der Waals surface area contributed by atoms with Crippen molar-refractivity contribution in [3.05, 3.63) is 39.9 Å². The van der Waals surface area contributed by atoms with Crippen molar-refractivity contribution in [2.75, 3.05) is 11.5 Å². The monoisotopic (exact) mass is 451 g/mol. The van der Waals surface area contributed by atoms with Crippen LogP contribution in [0.15, 0.2) is 24.3 Å². The molecule has 0 bridgehead atoms. The molecule has 1 amide bonds. The first-order valence-electron chi connectivity index (χ1n) is 10.6. The highest BCUT2D eigenvalue weighted by atomic mass is 32.2. The lowest BCUT2D eigenvalue weighted by Crippen LogP contribution is -2.63. The number of carbonyl (C=O) groups is 2. The minimum absolute atomic E-state index is 0.0314. The number of nitrogens with one attached hydrogen (secondary N) is 1. The molecule has 0 radical (unpaired) electrons. The normalized spacial score (nSPS) is 16.9. The van der Waals surface area contributed by atoms with Gasteiger partial charge in [0.15, 0.2) is 0 Å². The number of rotatable bonds is 9. The average Bonchev–Trinajstić information content (AvgIpc) is 2.71. The summed E-state index contributed by atoms with van der Waals surface area (Å²) < 4.78 is 5.45. The summed E-state index contributed by atoms with van der Waals surface area (Å²) in [5.74, 6) is 0.209. The molecule has 1 atom stereocenters. The smallest absolute Gasteiger partial charge is 0.337 e. The molecule has 172 valence electrons. The highest BCUT2D eigenvalue weighted by Crippen LogP contribution is 2.28. The predicted molar refractivity (Wildman–Crippen MR) is 122 cm³/mol. The van der Waals surface area contributed by atoms with Crippen molar-refractivity contribution in [2.24, 2.45) is 11.7 Å². The molecule has 9 heteroatoms. The van der Waals surface area contributed by atoms with E-state index in [9.17, 15) is 19.7 Å². The first kappa shape index (κ1) is 25.1. The summed E-state index contributed by atoms with van der Waals surface area (Å²) in [5, 5.41) is 13.5. The fourth-order valence-corrected chi connectivity index (χ4v) is 4.76. The number of nitrogens with two attached hydrogens (primary N) is 1. The number of thioether (sulfide) groups is 1. The fraction of sp³-hybridized carbons (Fsp3) is 0.636. The van der Waals surface area contributed by atoms with Crippen molar-refractivity contribution < 1.29 is 19.2 Å². The lowest BCUT2D eigenvalue weighted by atomic mass is 9.91. The summed E-state index contributed by atoms with van der Waals surface area (Å²) in [4.78, 5) is 36.1. The van der Waals surface area contributed by atoms with E-state index >= 15 is 0 Å². The van der Waals surface area contributed by atoms with E-state index in [2.05, 4.69) is 5.32 Å². The third kappa shape index (κ3) is 7.81. The molecule has 2 rings (SSSR count). The number of nitro groups is 1. The Bertz CT molecular complexity index is 772. The van der Waals surface area contributed by atoms with Gasteiger partial charge in [-0.25, -0.2) is 4.79 Å². The quantitative estimate of drug-likeness (QED) is 0.254. The van der Waals surface area contributed by atoms with Gasteiger partial charge in [-0.15, -0.1) is 0 Å². The number of carbonyl (C=O) groups excluding carboxylic acids is 2. The molecule has 0 heterocycles. The number of nitrogens with zero attached hydrogens (tertiary/aromatic N) is 1. The summed E-state index contributed by atoms with van der Waals surface area (Å²) in [6.07, 6.45) is 6.05. The van der Waals surface area contributed by atoms with Gasteiger partial charge < -0.3 is 15.8 Å². The summed E-state index contributed by atoms with van der Waals surface area (Å²) in [7, 11) is 0. The summed E-state index contributed by atoms with van der Waals surface area (Å²) in [5.41, 5.74) is 4.39. The Morgan fingerprint density at radius 3 is 2.35 bits per heavy atom. The van der Waals surface area contributed by atoms with Crippen LogP contribution in [0.1, 0.15) is 58.4 Å². The van der Waals surface area contributed by atoms with Gasteiger partial charge in [-0.05, 0) is 50.8 Å². The SMILES string of the molecule is CC(C)(C)OC(=O)[C@@](N)(CSCC1CCCCC1)C(=O)NCc1ccc([N+](=O)[O-])cc1. The topological polar surface area (TPSA) is 125 Å². The Morgan fingerprint density at radius 2 is 1.81 bits per heavy atom. The van der Waals surface area contributed by atoms with Crippen molar-refractivity contribution in [3.63, 3.8) is 0 Å². The van der Waals surface area contributed by atoms with E-state index in [1.165, 1.54) is 56.0 Å². The van der Waals surface area contributed by atoms with E-state index in [4.69, 9.17) is 10.5 Å². The van der Waals surface area contributed by atoms with Crippen LogP contribution in [-0.2, 0) is 20.9 Å². The van der Waals surface area contributed by atoms with Crippen LogP contribution in [-0.4, -0.2) is 39.4 Å². The highest BCUT2D eigenvalue weighted by Gasteiger charge is 2.45. The Balaban J connectivity index is 2.03. The maximum absolute atomic E-state index is 13.0. The number of nitro benzene ring substituents is 1. The van der Waals surface area contributed by atoms with Gasteiger partial charge in [0.25, 0.3) is 11.6 Å². The van der Waals surface area contributed by atoms with E-state index in [1.54, 1.807) is 32.9 Å². The minimum Gasteiger partial charge on any atom is -0.458 e. The fourth-order valence-electron chi connectivity index (χ4n) is 3.40. The second kappa shape index (κ2) is 10.9. The van der Waals surface area contributed by atoms with Crippen LogP contribution in [0.4, 0.5) is 5.69 Å². The molecule has 0 aliphatic heterocycles. The minimum atomic E-state index is -1.81. The van der Waals surface area contributed by atoms with Gasteiger partial charge in [0.2, 0.25) is 5.54 Å². The maximum Gasteiger partial charge on any atom is 0.337 e. The molecular weight excluding hydrogens is 418 g/mol. The summed E-state index contributed by atoms with van der Waals surface area (Å²) in [6, 6.07) is 5.85. The van der Waals surface area contributed by atoms with E-state index in [0.717, 1.165) is 5.75 Å². The summed E-state index contributed by atoms with van der Waals surface area (Å²) in [6.45, 7) is 5.30. The molecule has 1 fully saturated rings. The number of hydrogen-bond donors (Lipinski definition) is 2. The first-order valence-corrected chi connectivity index (χ1v) is 11.8. The maximum atomic E-state index is 13.0. The molecule has 1 aliphatic carbocycles. The molecule has 1 aliphatic rings. The lowest BCUT2D eigenvalue weighted by molar-refractivity contribution is -0.384. The van der Waals surface area contributed by atoms with Crippen LogP contribution in [0.2, 0.25) is 0 Å². The molecule has 0 spiro atoms. The van der Waals surface area contributed by atoms with E-state index in [-0.39, 0.29) is 18.0 Å². The Hall–Kier alpha value is -2.13. The molecule has 0 unspecified atom stereocenters. The van der Waals surface area contributed by atoms with Crippen molar-refractivity contribution in [2.45, 2.75) is 70.6 Å². The van der Waals surface area contributed by atoms with Gasteiger partial charge in [0.1, 0.15) is 5.60 Å². The number of amides is 1. The van der Waals surface area contributed by atoms with Crippen LogP contribution in [0.25, 0.3) is 0 Å². The zero-order valence-electron chi connectivity index (χ0n) is 18.5. The second-order valence-corrected chi connectivity index (χ2v) is 10.1. The average molecular weight is 452 g/mol. The van der Waals surface area contributed by atoms with Crippen LogP contribution >= 0.6 is 11.8 Å². The number of hydrogen-bond acceptors (Lipinski definition) is 7. The lowest BCUT2D eigenvalue weighted by Gasteiger charge is -2.30. The standard InChI is InChI=1S/C22H33N3O5S/c1-21(2,3)30-20(27)22(23,15-31-14-17-7-5-4-6-8-17)19(26)24-13-16-9-11-18(12-10-16)25(28)29/h9-12,17H,4-8,13-15,23H2,1-3H3,(H,24,26)/t22-/m1/s1. The molecule has 1 aromatic carbocycles. The molecule has 31 heavy (non-hydrogen) atoms. The third-order valence-corrected chi connectivity index (χ3v) is 6.54. The predicted octanol–water partition coefficient (Wildman–Crippen LogP) is 3.56. The van der Waals surface area contributed by atoms with Gasteiger partial charge in [0.05, 0.1) is 4.92 Å². The van der Waals surface area contributed by atoms with Gasteiger partial charge in [-0.1, -0.05) is 31.4 Å². The highest BCUT2D eigenvalue weighted by molar-refractivity contribution is 7.99. The largest absolute Gasteiger partial charge is 0.458 e. The van der Waals surface area contributed by atoms with Crippen LogP contribution in [0.5, 0.6) is 0 Å². The van der Waals surface area contributed by atoms with Crippen LogP contribution < -0.4 is 11.1 Å². The molecule has 0 saturated heterocycles. The van der Waals surface area contributed by atoms with E-state index < -0.39 is 27.9 Å². The number of esters is 1. The van der Waals surface area contributed by atoms with Gasteiger partial charge in [0, 0.05) is 24.4 Å². The number of non-ortho nitro benzene ring substituents is 1. The Kier molecular flexibility index (Phi) is 8.88. The zero-order chi connectivity index (χ0) is 23.1. The second-order valence-electron chi connectivity index (χ2n) is 9.10. The van der Waals surface area contributed by atoms with E-state index in [0.29, 0.717) is 11.5 Å². The Morgan fingerprint density at radius 1 is 1.19 bits per heavy atom. The van der Waals surface area contributed by atoms with Gasteiger partial charge in [-0.2, -0.15) is 11.8 Å². The van der Waals surface area contributed by atoms with Crippen LogP contribution in [0, 0.1) is 16.0 Å². The van der Waals surface area contributed by atoms with Gasteiger partial charge in [-0.3, -0.25) is 14.9 Å². The number of benzene rings is 1. The summed E-state index contributed by atoms with van der Waals surface area (Å²) >= 11 is 1.51. The molecular formula is C22H33N3O5S.